The van der Waals surface area contributed by atoms with Crippen molar-refractivity contribution in [3.05, 3.63) is 64.7 Å². The van der Waals surface area contributed by atoms with Gasteiger partial charge in [0.2, 0.25) is 0 Å². The highest BCUT2D eigenvalue weighted by molar-refractivity contribution is 5.91. The summed E-state index contributed by atoms with van der Waals surface area (Å²) in [4.78, 5) is 17.1. The molecule has 1 heterocycles. The summed E-state index contributed by atoms with van der Waals surface area (Å²) in [6, 6.07) is 15.2. The lowest BCUT2D eigenvalue weighted by atomic mass is 9.87. The van der Waals surface area contributed by atoms with E-state index >= 15 is 0 Å². The zero-order valence-corrected chi connectivity index (χ0v) is 18.6. The van der Waals surface area contributed by atoms with Crippen LogP contribution in [0.15, 0.2) is 42.5 Å². The second-order valence-corrected chi connectivity index (χ2v) is 9.10. The molecule has 0 aromatic heterocycles. The fraction of sp³-hybridized carbons (Fsp3) is 0.480. The molecule has 4 nitrogen and oxygen atoms in total. The molecule has 0 unspecified atom stereocenters. The van der Waals surface area contributed by atoms with Gasteiger partial charge in [-0.25, -0.2) is 4.79 Å². The van der Waals surface area contributed by atoms with E-state index in [1.807, 2.05) is 4.90 Å². The van der Waals surface area contributed by atoms with Crippen molar-refractivity contribution in [2.24, 2.45) is 0 Å². The second-order valence-electron chi connectivity index (χ2n) is 9.10. The van der Waals surface area contributed by atoms with E-state index in [0.717, 1.165) is 50.4 Å². The molecule has 1 aliphatic heterocycles. The number of nitrogens with zero attached hydrogens (tertiary/aromatic N) is 2. The van der Waals surface area contributed by atoms with Gasteiger partial charge < -0.3 is 10.2 Å². The van der Waals surface area contributed by atoms with Crippen LogP contribution in [0.1, 0.15) is 49.9 Å². The summed E-state index contributed by atoms with van der Waals surface area (Å²) in [6.07, 6.45) is 0.916. The highest BCUT2D eigenvalue weighted by Gasteiger charge is 2.22. The number of urea groups is 1. The maximum Gasteiger partial charge on any atom is 0.321 e. The number of benzene rings is 2. The van der Waals surface area contributed by atoms with Crippen molar-refractivity contribution in [2.75, 3.05) is 31.5 Å². The molecule has 1 aliphatic rings. The van der Waals surface area contributed by atoms with Crippen LogP contribution < -0.4 is 5.32 Å². The summed E-state index contributed by atoms with van der Waals surface area (Å²) < 4.78 is 0. The SMILES string of the molecule is CCc1cccc(C)c1NC(=O)N1CCN(Cc2ccc(C(C)(C)C)cc2)CC1. The largest absolute Gasteiger partial charge is 0.322 e. The van der Waals surface area contributed by atoms with E-state index in [1.165, 1.54) is 16.7 Å². The Kier molecular flexibility index (Phi) is 6.63. The molecule has 0 aliphatic carbocycles. The molecule has 0 bridgehead atoms. The van der Waals surface area contributed by atoms with E-state index in [2.05, 4.69) is 87.3 Å². The van der Waals surface area contributed by atoms with Crippen LogP contribution in [-0.4, -0.2) is 42.0 Å². The fourth-order valence-electron chi connectivity index (χ4n) is 3.87. The monoisotopic (exact) mass is 393 g/mol. The first-order valence-electron chi connectivity index (χ1n) is 10.7. The third-order valence-corrected chi connectivity index (χ3v) is 5.86. The molecule has 1 N–H and O–H groups in total. The van der Waals surface area contributed by atoms with Crippen LogP contribution in [0.2, 0.25) is 0 Å². The summed E-state index contributed by atoms with van der Waals surface area (Å²) in [6.45, 7) is 15.2. The van der Waals surface area contributed by atoms with Crippen molar-refractivity contribution < 1.29 is 4.79 Å². The summed E-state index contributed by atoms with van der Waals surface area (Å²) in [5, 5.41) is 3.15. The van der Waals surface area contributed by atoms with Crippen molar-refractivity contribution in [3.8, 4) is 0 Å². The zero-order chi connectivity index (χ0) is 21.0. The maximum absolute atomic E-state index is 12.8. The molecule has 1 saturated heterocycles. The van der Waals surface area contributed by atoms with Gasteiger partial charge in [-0.2, -0.15) is 0 Å². The number of aryl methyl sites for hydroxylation is 2. The van der Waals surface area contributed by atoms with Crippen LogP contribution in [-0.2, 0) is 18.4 Å². The standard InChI is InChI=1S/C25H35N3O/c1-6-21-9-7-8-19(2)23(21)26-24(29)28-16-14-27(15-17-28)18-20-10-12-22(13-11-20)25(3,4)5/h7-13H,6,14-18H2,1-5H3,(H,26,29). The number of carbonyl (C=O) groups is 1. The van der Waals surface area contributed by atoms with Crippen LogP contribution in [0.3, 0.4) is 0 Å². The minimum atomic E-state index is 0.0168. The van der Waals surface area contributed by atoms with Gasteiger partial charge in [-0.05, 0) is 41.0 Å². The third kappa shape index (κ3) is 5.39. The fourth-order valence-corrected chi connectivity index (χ4v) is 3.87. The molecule has 0 radical (unpaired) electrons. The Morgan fingerprint density at radius 3 is 2.24 bits per heavy atom. The van der Waals surface area contributed by atoms with Gasteiger partial charge >= 0.3 is 6.03 Å². The Morgan fingerprint density at radius 2 is 1.66 bits per heavy atom. The molecular formula is C25H35N3O. The molecule has 2 amide bonds. The number of piperazine rings is 1. The van der Waals surface area contributed by atoms with Gasteiger partial charge in [0.25, 0.3) is 0 Å². The lowest BCUT2D eigenvalue weighted by Crippen LogP contribution is -2.49. The minimum Gasteiger partial charge on any atom is -0.322 e. The predicted molar refractivity (Wildman–Crippen MR) is 122 cm³/mol. The molecule has 0 atom stereocenters. The number of amides is 2. The van der Waals surface area contributed by atoms with Crippen LogP contribution >= 0.6 is 0 Å². The van der Waals surface area contributed by atoms with E-state index < -0.39 is 0 Å². The molecular weight excluding hydrogens is 358 g/mol. The van der Waals surface area contributed by atoms with Gasteiger partial charge in [0.15, 0.2) is 0 Å². The highest BCUT2D eigenvalue weighted by atomic mass is 16.2. The number of anilines is 1. The second kappa shape index (κ2) is 9.00. The van der Waals surface area contributed by atoms with E-state index in [9.17, 15) is 4.79 Å². The van der Waals surface area contributed by atoms with E-state index in [0.29, 0.717) is 0 Å². The van der Waals surface area contributed by atoms with Crippen molar-refractivity contribution in [1.29, 1.82) is 0 Å². The highest BCUT2D eigenvalue weighted by Crippen LogP contribution is 2.23. The number of rotatable bonds is 4. The lowest BCUT2D eigenvalue weighted by molar-refractivity contribution is 0.143. The van der Waals surface area contributed by atoms with E-state index in [1.54, 1.807) is 0 Å². The Balaban J connectivity index is 1.53. The normalized spacial score (nSPS) is 15.4. The number of para-hydroxylation sites is 1. The smallest absolute Gasteiger partial charge is 0.321 e. The molecule has 0 saturated carbocycles. The Labute approximate surface area is 175 Å². The van der Waals surface area contributed by atoms with Crippen molar-refractivity contribution >= 4 is 11.7 Å². The molecule has 2 aromatic rings. The van der Waals surface area contributed by atoms with Gasteiger partial charge in [0.05, 0.1) is 0 Å². The first kappa shape index (κ1) is 21.4. The molecule has 0 spiro atoms. The summed E-state index contributed by atoms with van der Waals surface area (Å²) in [5.41, 5.74) is 6.17. The Morgan fingerprint density at radius 1 is 1.00 bits per heavy atom. The minimum absolute atomic E-state index is 0.0168. The Bertz CT molecular complexity index is 828. The molecule has 1 fully saturated rings. The van der Waals surface area contributed by atoms with Crippen molar-refractivity contribution in [1.82, 2.24) is 9.80 Å². The average molecular weight is 394 g/mol. The number of hydrogen-bond donors (Lipinski definition) is 1. The van der Waals surface area contributed by atoms with Gasteiger partial charge in [-0.15, -0.1) is 0 Å². The summed E-state index contributed by atoms with van der Waals surface area (Å²) >= 11 is 0. The van der Waals surface area contributed by atoms with Gasteiger partial charge in [-0.3, -0.25) is 4.90 Å². The molecule has 29 heavy (non-hydrogen) atoms. The average Bonchev–Trinajstić information content (AvgIpc) is 2.69. The molecule has 4 heteroatoms. The molecule has 156 valence electrons. The summed E-state index contributed by atoms with van der Waals surface area (Å²) in [5.74, 6) is 0. The summed E-state index contributed by atoms with van der Waals surface area (Å²) in [7, 11) is 0. The van der Waals surface area contributed by atoms with Crippen LogP contribution in [0, 0.1) is 6.92 Å². The maximum atomic E-state index is 12.8. The van der Waals surface area contributed by atoms with Crippen LogP contribution in [0.25, 0.3) is 0 Å². The van der Waals surface area contributed by atoms with E-state index in [-0.39, 0.29) is 11.4 Å². The predicted octanol–water partition coefficient (Wildman–Crippen LogP) is 5.20. The number of hydrogen-bond acceptors (Lipinski definition) is 2. The van der Waals surface area contributed by atoms with Crippen LogP contribution in [0.4, 0.5) is 10.5 Å². The quantitative estimate of drug-likeness (QED) is 0.774. The molecule has 2 aromatic carbocycles. The Hall–Kier alpha value is -2.33. The van der Waals surface area contributed by atoms with E-state index in [4.69, 9.17) is 0 Å². The van der Waals surface area contributed by atoms with Gasteiger partial charge in [0, 0.05) is 38.4 Å². The van der Waals surface area contributed by atoms with Gasteiger partial charge in [0.1, 0.15) is 0 Å². The van der Waals surface area contributed by atoms with Gasteiger partial charge in [-0.1, -0.05) is 70.2 Å². The third-order valence-electron chi connectivity index (χ3n) is 5.86. The first-order valence-corrected chi connectivity index (χ1v) is 10.7. The van der Waals surface area contributed by atoms with Crippen molar-refractivity contribution in [3.63, 3.8) is 0 Å². The lowest BCUT2D eigenvalue weighted by Gasteiger charge is -2.35. The topological polar surface area (TPSA) is 35.6 Å². The number of carbonyl (C=O) groups excluding carboxylic acids is 1. The van der Waals surface area contributed by atoms with Crippen LogP contribution in [0.5, 0.6) is 0 Å². The zero-order valence-electron chi connectivity index (χ0n) is 18.6. The van der Waals surface area contributed by atoms with Crippen molar-refractivity contribution in [2.45, 2.75) is 53.0 Å². The first-order chi connectivity index (χ1) is 13.8. The number of nitrogens with one attached hydrogen (secondary N) is 1. The molecule has 3 rings (SSSR count).